The van der Waals surface area contributed by atoms with Crippen LogP contribution >= 0.6 is 0 Å². The highest BCUT2D eigenvalue weighted by Crippen LogP contribution is 2.33. The summed E-state index contributed by atoms with van der Waals surface area (Å²) >= 11 is 0. The monoisotopic (exact) mass is 582 g/mol. The van der Waals surface area contributed by atoms with Crippen molar-refractivity contribution in [2.75, 3.05) is 10.2 Å². The zero-order chi connectivity index (χ0) is 30.5. The molecule has 0 spiro atoms. The summed E-state index contributed by atoms with van der Waals surface area (Å²) in [6.07, 6.45) is 0. The van der Waals surface area contributed by atoms with E-state index in [9.17, 15) is 9.59 Å². The average Bonchev–Trinajstić information content (AvgIpc) is 3.32. The van der Waals surface area contributed by atoms with Crippen LogP contribution in [0.25, 0.3) is 0 Å². The lowest BCUT2D eigenvalue weighted by atomic mass is 10.1. The molecule has 0 radical (unpaired) electrons. The summed E-state index contributed by atoms with van der Waals surface area (Å²) in [5.41, 5.74) is 8.31. The standard InChI is InChI=1S/C38H34N2O4/c1-26-9-7-11-28(19-26)24-43-35-15-5-3-13-30(35)22-40(32-17-18-34-33(21-32)37(41)38(42)39-34)23-31-14-4-6-16-36(31)44-25-29-12-8-10-27(2)20-29/h3-21H,22-25H2,1-2H3,(H,39,41,42). The van der Waals surface area contributed by atoms with Gasteiger partial charge in [-0.15, -0.1) is 0 Å². The molecule has 0 saturated heterocycles. The predicted molar refractivity (Wildman–Crippen MR) is 173 cm³/mol. The first-order valence-corrected chi connectivity index (χ1v) is 14.7. The Labute approximate surface area is 257 Å². The van der Waals surface area contributed by atoms with Crippen molar-refractivity contribution in [1.82, 2.24) is 0 Å². The van der Waals surface area contributed by atoms with Crippen LogP contribution in [-0.4, -0.2) is 11.7 Å². The molecule has 0 aliphatic carbocycles. The van der Waals surface area contributed by atoms with Crippen molar-refractivity contribution in [2.45, 2.75) is 40.2 Å². The molecular weight excluding hydrogens is 548 g/mol. The summed E-state index contributed by atoms with van der Waals surface area (Å²) in [5, 5.41) is 2.66. The first-order chi connectivity index (χ1) is 21.4. The van der Waals surface area contributed by atoms with E-state index in [1.165, 1.54) is 11.1 Å². The van der Waals surface area contributed by atoms with Gasteiger partial charge < -0.3 is 19.7 Å². The summed E-state index contributed by atoms with van der Waals surface area (Å²) in [4.78, 5) is 26.9. The van der Waals surface area contributed by atoms with E-state index in [0.717, 1.165) is 39.4 Å². The molecule has 1 aliphatic heterocycles. The minimum absolute atomic E-state index is 0.380. The highest BCUT2D eigenvalue weighted by molar-refractivity contribution is 6.51. The van der Waals surface area contributed by atoms with E-state index in [4.69, 9.17) is 9.47 Å². The van der Waals surface area contributed by atoms with Gasteiger partial charge in [0.25, 0.3) is 11.7 Å². The van der Waals surface area contributed by atoms with E-state index in [2.05, 4.69) is 72.6 Å². The molecule has 6 heteroatoms. The Bertz CT molecular complexity index is 1730. The fourth-order valence-corrected chi connectivity index (χ4v) is 5.45. The van der Waals surface area contributed by atoms with Crippen LogP contribution in [-0.2, 0) is 31.1 Å². The maximum atomic E-state index is 12.6. The number of ether oxygens (including phenoxy) is 2. The number of rotatable bonds is 11. The second kappa shape index (κ2) is 12.9. The normalized spacial score (nSPS) is 12.0. The van der Waals surface area contributed by atoms with Crippen molar-refractivity contribution in [3.05, 3.63) is 154 Å². The van der Waals surface area contributed by atoms with E-state index < -0.39 is 11.7 Å². The second-order valence-corrected chi connectivity index (χ2v) is 11.1. The summed E-state index contributed by atoms with van der Waals surface area (Å²) in [6.45, 7) is 6.06. The van der Waals surface area contributed by atoms with Crippen LogP contribution in [0.15, 0.2) is 115 Å². The maximum Gasteiger partial charge on any atom is 0.296 e. The minimum Gasteiger partial charge on any atom is -0.489 e. The van der Waals surface area contributed by atoms with E-state index in [0.29, 0.717) is 37.6 Å². The molecule has 0 unspecified atom stereocenters. The summed E-state index contributed by atoms with van der Waals surface area (Å²) in [5.74, 6) is 0.452. The fraction of sp³-hybridized carbons (Fsp3) is 0.158. The van der Waals surface area contributed by atoms with Crippen LogP contribution in [0.2, 0.25) is 0 Å². The number of hydrogen-bond donors (Lipinski definition) is 1. The topological polar surface area (TPSA) is 67.9 Å². The largest absolute Gasteiger partial charge is 0.489 e. The van der Waals surface area contributed by atoms with Gasteiger partial charge >= 0.3 is 0 Å². The molecule has 6 nitrogen and oxygen atoms in total. The lowest BCUT2D eigenvalue weighted by Crippen LogP contribution is -2.23. The molecule has 0 bridgehead atoms. The molecule has 1 aliphatic rings. The first-order valence-electron chi connectivity index (χ1n) is 14.7. The van der Waals surface area contributed by atoms with Crippen LogP contribution in [0.3, 0.4) is 0 Å². The highest BCUT2D eigenvalue weighted by Gasteiger charge is 2.29. The van der Waals surface area contributed by atoms with Crippen molar-refractivity contribution in [2.24, 2.45) is 0 Å². The number of Topliss-reactive ketones (excluding diaryl/α,β-unsaturated/α-hetero) is 1. The quantitative estimate of drug-likeness (QED) is 0.161. The molecule has 5 aromatic rings. The second-order valence-electron chi connectivity index (χ2n) is 11.1. The van der Waals surface area contributed by atoms with Gasteiger partial charge in [-0.1, -0.05) is 96.1 Å². The molecule has 1 amide bonds. The van der Waals surface area contributed by atoms with Gasteiger partial charge in [-0.05, 0) is 55.3 Å². The highest BCUT2D eigenvalue weighted by atomic mass is 16.5. The number of amides is 1. The van der Waals surface area contributed by atoms with E-state index in [1.54, 1.807) is 12.1 Å². The zero-order valence-corrected chi connectivity index (χ0v) is 24.9. The Hall–Kier alpha value is -5.36. The lowest BCUT2D eigenvalue weighted by Gasteiger charge is -2.27. The molecular formula is C38H34N2O4. The number of nitrogens with one attached hydrogen (secondary N) is 1. The third kappa shape index (κ3) is 6.65. The lowest BCUT2D eigenvalue weighted by molar-refractivity contribution is -0.112. The number of para-hydroxylation sites is 2. The molecule has 5 aromatic carbocycles. The molecule has 0 saturated carbocycles. The summed E-state index contributed by atoms with van der Waals surface area (Å²) in [6, 6.07) is 38.1. The molecule has 220 valence electrons. The fourth-order valence-electron chi connectivity index (χ4n) is 5.45. The van der Waals surface area contributed by atoms with Gasteiger partial charge in [0.05, 0.1) is 11.3 Å². The van der Waals surface area contributed by atoms with Gasteiger partial charge in [-0.3, -0.25) is 9.59 Å². The number of ketones is 1. The smallest absolute Gasteiger partial charge is 0.296 e. The van der Waals surface area contributed by atoms with Crippen molar-refractivity contribution in [3.8, 4) is 11.5 Å². The molecule has 0 fully saturated rings. The van der Waals surface area contributed by atoms with Crippen molar-refractivity contribution >= 4 is 23.1 Å². The Morgan fingerprint density at radius 1 is 0.614 bits per heavy atom. The van der Waals surface area contributed by atoms with Gasteiger partial charge in [-0.25, -0.2) is 0 Å². The Morgan fingerprint density at radius 2 is 1.16 bits per heavy atom. The van der Waals surface area contributed by atoms with Gasteiger partial charge in [0.15, 0.2) is 0 Å². The van der Waals surface area contributed by atoms with Gasteiger partial charge in [0, 0.05) is 29.9 Å². The van der Waals surface area contributed by atoms with Crippen LogP contribution in [0, 0.1) is 13.8 Å². The van der Waals surface area contributed by atoms with E-state index >= 15 is 0 Å². The SMILES string of the molecule is Cc1cccc(COc2ccccc2CN(Cc2ccccc2OCc2cccc(C)c2)c2ccc3c(c2)C(=O)C(=O)N3)c1. The van der Waals surface area contributed by atoms with Crippen LogP contribution in [0.5, 0.6) is 11.5 Å². The maximum absolute atomic E-state index is 12.6. The number of nitrogens with zero attached hydrogens (tertiary/aromatic N) is 1. The number of carbonyl (C=O) groups excluding carboxylic acids is 2. The number of hydrogen-bond acceptors (Lipinski definition) is 5. The third-order valence-electron chi connectivity index (χ3n) is 7.69. The molecule has 6 rings (SSSR count). The number of carbonyl (C=O) groups is 2. The van der Waals surface area contributed by atoms with E-state index in [1.807, 2.05) is 54.6 Å². The minimum atomic E-state index is -0.603. The molecule has 0 aromatic heterocycles. The number of benzene rings is 5. The summed E-state index contributed by atoms with van der Waals surface area (Å²) < 4.78 is 12.7. The molecule has 1 N–H and O–H groups in total. The average molecular weight is 583 g/mol. The first kappa shape index (κ1) is 28.7. The molecule has 0 atom stereocenters. The van der Waals surface area contributed by atoms with Crippen LogP contribution in [0.4, 0.5) is 11.4 Å². The van der Waals surface area contributed by atoms with Crippen molar-refractivity contribution in [1.29, 1.82) is 0 Å². The van der Waals surface area contributed by atoms with Gasteiger partial charge in [0.2, 0.25) is 0 Å². The summed E-state index contributed by atoms with van der Waals surface area (Å²) in [7, 11) is 0. The molecule has 44 heavy (non-hydrogen) atoms. The van der Waals surface area contributed by atoms with Crippen LogP contribution < -0.4 is 19.7 Å². The Balaban J connectivity index is 1.30. The van der Waals surface area contributed by atoms with Crippen molar-refractivity contribution in [3.63, 3.8) is 0 Å². The predicted octanol–water partition coefficient (Wildman–Crippen LogP) is 7.80. The Morgan fingerprint density at radius 3 is 1.70 bits per heavy atom. The molecule has 1 heterocycles. The van der Waals surface area contributed by atoms with Crippen molar-refractivity contribution < 1.29 is 19.1 Å². The van der Waals surface area contributed by atoms with Crippen LogP contribution in [0.1, 0.15) is 43.7 Å². The third-order valence-corrected chi connectivity index (χ3v) is 7.69. The number of fused-ring (bicyclic) bond motifs is 1. The van der Waals surface area contributed by atoms with E-state index in [-0.39, 0.29) is 0 Å². The zero-order valence-electron chi connectivity index (χ0n) is 24.9. The van der Waals surface area contributed by atoms with Gasteiger partial charge in [0.1, 0.15) is 24.7 Å². The number of anilines is 2. The Kier molecular flexibility index (Phi) is 8.41. The van der Waals surface area contributed by atoms with Gasteiger partial charge in [-0.2, -0.15) is 0 Å². The number of aryl methyl sites for hydroxylation is 2.